The molecule has 1 unspecified atom stereocenters. The van der Waals surface area contributed by atoms with Crippen LogP contribution in [0.5, 0.6) is 0 Å². The minimum atomic E-state index is 0.214. The second kappa shape index (κ2) is 5.82. The number of nitrogens with one attached hydrogen (secondary N) is 1. The van der Waals surface area contributed by atoms with Crippen LogP contribution >= 0.6 is 11.8 Å². The number of nitrogens with zero attached hydrogens (tertiary/aromatic N) is 2. The summed E-state index contributed by atoms with van der Waals surface area (Å²) in [6, 6.07) is 0. The van der Waals surface area contributed by atoms with Crippen molar-refractivity contribution in [2.75, 3.05) is 24.7 Å². The second-order valence-electron chi connectivity index (χ2n) is 3.09. The standard InChI is InChI=1S/C9H15N3OS/c1-7(5-13)6-14-9-4-11-3-8(10-2)12-9/h3-4,7,13H,5-6H2,1-2H3,(H,10,12). The summed E-state index contributed by atoms with van der Waals surface area (Å²) >= 11 is 1.61. The minimum Gasteiger partial charge on any atom is -0.396 e. The number of hydrogen-bond donors (Lipinski definition) is 2. The maximum Gasteiger partial charge on any atom is 0.145 e. The van der Waals surface area contributed by atoms with Gasteiger partial charge in [-0.3, -0.25) is 4.98 Å². The summed E-state index contributed by atoms with van der Waals surface area (Å²) < 4.78 is 0. The van der Waals surface area contributed by atoms with Crippen molar-refractivity contribution in [2.45, 2.75) is 11.9 Å². The first kappa shape index (κ1) is 11.3. The van der Waals surface area contributed by atoms with E-state index in [2.05, 4.69) is 15.3 Å². The molecule has 1 aromatic heterocycles. The number of hydrogen-bond acceptors (Lipinski definition) is 5. The summed E-state index contributed by atoms with van der Waals surface area (Å²) in [6.07, 6.45) is 3.41. The van der Waals surface area contributed by atoms with Crippen LogP contribution in [0.15, 0.2) is 17.4 Å². The zero-order chi connectivity index (χ0) is 10.4. The Balaban J connectivity index is 2.50. The van der Waals surface area contributed by atoms with Crippen LogP contribution in [-0.2, 0) is 0 Å². The van der Waals surface area contributed by atoms with Crippen LogP contribution < -0.4 is 5.32 Å². The fourth-order valence-corrected chi connectivity index (χ4v) is 1.68. The van der Waals surface area contributed by atoms with Crippen molar-refractivity contribution in [3.05, 3.63) is 12.4 Å². The lowest BCUT2D eigenvalue weighted by Gasteiger charge is -2.06. The van der Waals surface area contributed by atoms with Gasteiger partial charge in [-0.1, -0.05) is 6.92 Å². The molecule has 0 aromatic carbocycles. The third kappa shape index (κ3) is 3.51. The number of anilines is 1. The lowest BCUT2D eigenvalue weighted by molar-refractivity contribution is 0.250. The van der Waals surface area contributed by atoms with Gasteiger partial charge < -0.3 is 10.4 Å². The summed E-state index contributed by atoms with van der Waals surface area (Å²) in [5.74, 6) is 1.92. The average Bonchev–Trinajstić information content (AvgIpc) is 2.26. The molecule has 0 saturated heterocycles. The van der Waals surface area contributed by atoms with Crippen molar-refractivity contribution in [2.24, 2.45) is 5.92 Å². The third-order valence-electron chi connectivity index (χ3n) is 1.70. The van der Waals surface area contributed by atoms with Gasteiger partial charge in [0.1, 0.15) is 10.8 Å². The predicted molar refractivity (Wildman–Crippen MR) is 58.6 cm³/mol. The van der Waals surface area contributed by atoms with Crippen molar-refractivity contribution in [1.29, 1.82) is 0 Å². The van der Waals surface area contributed by atoms with Crippen molar-refractivity contribution in [3.8, 4) is 0 Å². The molecule has 1 rings (SSSR count). The highest BCUT2D eigenvalue weighted by Gasteiger charge is 2.03. The number of aliphatic hydroxyl groups is 1. The minimum absolute atomic E-state index is 0.214. The van der Waals surface area contributed by atoms with E-state index in [9.17, 15) is 0 Å². The topological polar surface area (TPSA) is 58.0 Å². The van der Waals surface area contributed by atoms with Gasteiger partial charge in [-0.25, -0.2) is 4.98 Å². The zero-order valence-corrected chi connectivity index (χ0v) is 9.21. The van der Waals surface area contributed by atoms with Gasteiger partial charge >= 0.3 is 0 Å². The van der Waals surface area contributed by atoms with Gasteiger partial charge in [-0.2, -0.15) is 0 Å². The van der Waals surface area contributed by atoms with E-state index >= 15 is 0 Å². The van der Waals surface area contributed by atoms with Gasteiger partial charge in [0.2, 0.25) is 0 Å². The summed E-state index contributed by atoms with van der Waals surface area (Å²) in [5.41, 5.74) is 0. The maximum absolute atomic E-state index is 8.85. The van der Waals surface area contributed by atoms with Crippen LogP contribution in [0.2, 0.25) is 0 Å². The lowest BCUT2D eigenvalue weighted by Crippen LogP contribution is -2.04. The Kier molecular flexibility index (Phi) is 4.69. The molecule has 4 nitrogen and oxygen atoms in total. The fourth-order valence-electron chi connectivity index (χ4n) is 0.818. The number of rotatable bonds is 5. The molecule has 0 amide bonds. The average molecular weight is 213 g/mol. The Bertz CT molecular complexity index is 283. The highest BCUT2D eigenvalue weighted by Crippen LogP contribution is 2.18. The van der Waals surface area contributed by atoms with Gasteiger partial charge in [0.15, 0.2) is 0 Å². The van der Waals surface area contributed by atoms with Gasteiger partial charge in [0.05, 0.1) is 12.4 Å². The zero-order valence-electron chi connectivity index (χ0n) is 8.40. The van der Waals surface area contributed by atoms with Crippen molar-refractivity contribution in [1.82, 2.24) is 9.97 Å². The third-order valence-corrected chi connectivity index (χ3v) is 2.92. The number of thioether (sulfide) groups is 1. The molecular formula is C9H15N3OS. The molecule has 0 fully saturated rings. The first-order valence-electron chi connectivity index (χ1n) is 4.49. The summed E-state index contributed by atoms with van der Waals surface area (Å²) in [5, 5.41) is 12.7. The van der Waals surface area contributed by atoms with Crippen molar-refractivity contribution >= 4 is 17.6 Å². The molecule has 0 aliphatic heterocycles. The summed E-state index contributed by atoms with van der Waals surface area (Å²) in [4.78, 5) is 8.36. The molecule has 1 atom stereocenters. The Labute approximate surface area is 88.2 Å². The first-order valence-corrected chi connectivity index (χ1v) is 5.48. The van der Waals surface area contributed by atoms with E-state index in [4.69, 9.17) is 5.11 Å². The van der Waals surface area contributed by atoms with Gasteiger partial charge in [0.25, 0.3) is 0 Å². The molecule has 14 heavy (non-hydrogen) atoms. The van der Waals surface area contributed by atoms with E-state index in [1.54, 1.807) is 24.2 Å². The molecule has 2 N–H and O–H groups in total. The van der Waals surface area contributed by atoms with Crippen LogP contribution in [0, 0.1) is 5.92 Å². The molecule has 0 bridgehead atoms. The van der Waals surface area contributed by atoms with E-state index in [0.29, 0.717) is 5.92 Å². The Morgan fingerprint density at radius 2 is 2.36 bits per heavy atom. The van der Waals surface area contributed by atoms with Crippen LogP contribution in [0.4, 0.5) is 5.82 Å². The van der Waals surface area contributed by atoms with E-state index in [-0.39, 0.29) is 6.61 Å². The van der Waals surface area contributed by atoms with E-state index in [1.807, 2.05) is 14.0 Å². The van der Waals surface area contributed by atoms with Crippen LogP contribution in [0.1, 0.15) is 6.92 Å². The van der Waals surface area contributed by atoms with Gasteiger partial charge in [-0.05, 0) is 5.92 Å². The number of aromatic nitrogens is 2. The number of aliphatic hydroxyl groups excluding tert-OH is 1. The molecule has 0 radical (unpaired) electrons. The predicted octanol–water partition coefficient (Wildman–Crippen LogP) is 1.24. The fraction of sp³-hybridized carbons (Fsp3) is 0.556. The SMILES string of the molecule is CNc1cncc(SCC(C)CO)n1. The summed E-state index contributed by atoms with van der Waals surface area (Å²) in [6.45, 7) is 2.22. The molecule has 1 heterocycles. The highest BCUT2D eigenvalue weighted by atomic mass is 32.2. The van der Waals surface area contributed by atoms with Gasteiger partial charge in [-0.15, -0.1) is 11.8 Å². The molecular weight excluding hydrogens is 198 g/mol. The molecule has 0 aliphatic rings. The van der Waals surface area contributed by atoms with Crippen LogP contribution in [-0.4, -0.2) is 34.5 Å². The Morgan fingerprint density at radius 1 is 1.57 bits per heavy atom. The van der Waals surface area contributed by atoms with E-state index in [0.717, 1.165) is 16.6 Å². The van der Waals surface area contributed by atoms with Gasteiger partial charge in [0, 0.05) is 19.4 Å². The van der Waals surface area contributed by atoms with Crippen LogP contribution in [0.25, 0.3) is 0 Å². The molecule has 5 heteroatoms. The monoisotopic (exact) mass is 213 g/mol. The molecule has 78 valence electrons. The van der Waals surface area contributed by atoms with E-state index in [1.165, 1.54) is 0 Å². The second-order valence-corrected chi connectivity index (χ2v) is 4.13. The molecule has 0 saturated carbocycles. The summed E-state index contributed by atoms with van der Waals surface area (Å²) in [7, 11) is 1.81. The Hall–Kier alpha value is -0.810. The highest BCUT2D eigenvalue weighted by molar-refractivity contribution is 7.99. The Morgan fingerprint density at radius 3 is 3.00 bits per heavy atom. The molecule has 0 aliphatic carbocycles. The largest absolute Gasteiger partial charge is 0.396 e. The van der Waals surface area contributed by atoms with Crippen molar-refractivity contribution in [3.63, 3.8) is 0 Å². The normalized spacial score (nSPS) is 12.5. The molecule has 1 aromatic rings. The van der Waals surface area contributed by atoms with Crippen LogP contribution in [0.3, 0.4) is 0 Å². The van der Waals surface area contributed by atoms with E-state index < -0.39 is 0 Å². The lowest BCUT2D eigenvalue weighted by atomic mass is 10.2. The smallest absolute Gasteiger partial charge is 0.145 e. The first-order chi connectivity index (χ1) is 6.76. The maximum atomic E-state index is 8.85. The van der Waals surface area contributed by atoms with Crippen molar-refractivity contribution < 1.29 is 5.11 Å². The molecule has 0 spiro atoms. The quantitative estimate of drug-likeness (QED) is 0.721.